The van der Waals surface area contributed by atoms with E-state index in [1.807, 2.05) is 11.0 Å². The van der Waals surface area contributed by atoms with Gasteiger partial charge in [0.25, 0.3) is 0 Å². The lowest BCUT2D eigenvalue weighted by atomic mass is 9.94. The maximum absolute atomic E-state index is 14.6. The number of hydrogen-bond acceptors (Lipinski definition) is 8. The number of phenolic OH excluding ortho intramolecular Hbond substituents is 1. The molecule has 1 aromatic carbocycles. The second kappa shape index (κ2) is 7.44. The number of para-hydroxylation sites is 1. The van der Waals surface area contributed by atoms with E-state index in [0.29, 0.717) is 47.9 Å². The van der Waals surface area contributed by atoms with Gasteiger partial charge in [-0.05, 0) is 36.2 Å². The second-order valence-corrected chi connectivity index (χ2v) is 8.63. The molecule has 11 heteroatoms. The maximum atomic E-state index is 14.6. The molecule has 4 aromatic rings. The van der Waals surface area contributed by atoms with Crippen molar-refractivity contribution in [3.8, 4) is 17.0 Å². The van der Waals surface area contributed by atoms with Crippen molar-refractivity contribution in [3.05, 3.63) is 54.5 Å². The molecule has 9 nitrogen and oxygen atoms in total. The first-order chi connectivity index (χ1) is 16.5. The van der Waals surface area contributed by atoms with E-state index in [1.165, 1.54) is 12.1 Å². The van der Waals surface area contributed by atoms with Crippen LogP contribution in [0.15, 0.2) is 43.1 Å². The van der Waals surface area contributed by atoms with Gasteiger partial charge in [0.2, 0.25) is 0 Å². The number of fused-ring (bicyclic) bond motifs is 4. The quantitative estimate of drug-likeness (QED) is 0.476. The van der Waals surface area contributed by atoms with Crippen LogP contribution in [0.5, 0.6) is 5.75 Å². The number of nitrogens with one attached hydrogen (secondary N) is 1. The lowest BCUT2D eigenvalue weighted by molar-refractivity contribution is 0.301. The summed E-state index contributed by atoms with van der Waals surface area (Å²) in [6, 6.07) is 7.59. The van der Waals surface area contributed by atoms with Crippen LogP contribution < -0.4 is 10.2 Å². The zero-order valence-corrected chi connectivity index (χ0v) is 18.0. The molecule has 6 rings (SSSR count). The van der Waals surface area contributed by atoms with E-state index >= 15 is 0 Å². The van der Waals surface area contributed by atoms with Crippen LogP contribution in [0.1, 0.15) is 18.0 Å². The van der Waals surface area contributed by atoms with Crippen molar-refractivity contribution in [3.63, 3.8) is 0 Å². The third kappa shape index (κ3) is 2.93. The Morgan fingerprint density at radius 1 is 1.26 bits per heavy atom. The highest BCUT2D eigenvalue weighted by Crippen LogP contribution is 2.46. The van der Waals surface area contributed by atoms with Crippen LogP contribution >= 0.6 is 0 Å². The van der Waals surface area contributed by atoms with E-state index in [4.69, 9.17) is 0 Å². The lowest BCUT2D eigenvalue weighted by Gasteiger charge is -2.42. The van der Waals surface area contributed by atoms with Gasteiger partial charge >= 0.3 is 0 Å². The molecule has 1 saturated heterocycles. The summed E-state index contributed by atoms with van der Waals surface area (Å²) in [5, 5.41) is 30.3. The molecule has 0 radical (unpaired) electrons. The summed E-state index contributed by atoms with van der Waals surface area (Å²) in [4.78, 5) is 6.45. The third-order valence-corrected chi connectivity index (χ3v) is 6.66. The van der Waals surface area contributed by atoms with Crippen LogP contribution in [-0.2, 0) is 0 Å². The van der Waals surface area contributed by atoms with E-state index in [-0.39, 0.29) is 11.6 Å². The number of rotatable bonds is 4. The standard InChI is InChI=1S/C23H20F2N8O/c1-2-13-6-18-22(26-9-13)33(31-29-18)14-8-23(11-24)12-27-21-19(32(23)10-14)7-17(28-30-21)15-4-3-5-16(25)20(15)34/h2-7,9,14,34H,1,8,10-12H2,(H,27,30)/t14-,23+/m1/s1. The second-order valence-electron chi connectivity index (χ2n) is 8.63. The van der Waals surface area contributed by atoms with Crippen LogP contribution in [0.2, 0.25) is 0 Å². The Kier molecular flexibility index (Phi) is 4.48. The molecule has 1 fully saturated rings. The molecule has 0 bridgehead atoms. The number of halogens is 2. The molecule has 0 unspecified atom stereocenters. The van der Waals surface area contributed by atoms with Crippen LogP contribution in [0, 0.1) is 5.82 Å². The summed E-state index contributed by atoms with van der Waals surface area (Å²) in [5.41, 5.74) is 2.41. The lowest BCUT2D eigenvalue weighted by Crippen LogP contribution is -2.54. The number of nitrogens with zero attached hydrogens (tertiary/aromatic N) is 7. The Hall–Kier alpha value is -4.15. The van der Waals surface area contributed by atoms with E-state index in [0.717, 1.165) is 5.56 Å². The molecule has 0 amide bonds. The molecule has 0 spiro atoms. The van der Waals surface area contributed by atoms with Gasteiger partial charge in [0.1, 0.15) is 12.2 Å². The number of benzene rings is 1. The van der Waals surface area contributed by atoms with Crippen molar-refractivity contribution < 1.29 is 13.9 Å². The van der Waals surface area contributed by atoms with E-state index in [9.17, 15) is 13.9 Å². The van der Waals surface area contributed by atoms with Crippen LogP contribution in [-0.4, -0.2) is 60.6 Å². The SMILES string of the molecule is C=Cc1cnc2c(c1)nnn2[C@H]1CN2c3cc(-c4cccc(F)c4O)nnc3NC[C@@]2(CF)C1. The van der Waals surface area contributed by atoms with Crippen molar-refractivity contribution in [2.45, 2.75) is 18.0 Å². The first kappa shape index (κ1) is 20.5. The molecule has 172 valence electrons. The summed E-state index contributed by atoms with van der Waals surface area (Å²) in [6.45, 7) is 3.94. The fraction of sp³-hybridized carbons (Fsp3) is 0.261. The molecule has 2 atom stereocenters. The van der Waals surface area contributed by atoms with Gasteiger partial charge in [0.05, 0.1) is 23.0 Å². The van der Waals surface area contributed by atoms with Gasteiger partial charge in [-0.25, -0.2) is 18.4 Å². The Bertz CT molecular complexity index is 1440. The number of aromatic hydroxyl groups is 1. The van der Waals surface area contributed by atoms with Crippen molar-refractivity contribution in [1.29, 1.82) is 0 Å². The summed E-state index contributed by atoms with van der Waals surface area (Å²) >= 11 is 0. The summed E-state index contributed by atoms with van der Waals surface area (Å²) in [7, 11) is 0. The average Bonchev–Trinajstić information content (AvgIpc) is 3.47. The fourth-order valence-electron chi connectivity index (χ4n) is 4.90. The molecule has 0 saturated carbocycles. The Balaban J connectivity index is 1.41. The highest BCUT2D eigenvalue weighted by Gasteiger charge is 2.50. The summed E-state index contributed by atoms with van der Waals surface area (Å²) in [5.74, 6) is -0.753. The van der Waals surface area contributed by atoms with Gasteiger partial charge in [0.15, 0.2) is 23.0 Å². The topological polar surface area (TPSA) is 105 Å². The molecule has 34 heavy (non-hydrogen) atoms. The largest absolute Gasteiger partial charge is 0.504 e. The molecule has 5 heterocycles. The highest BCUT2D eigenvalue weighted by atomic mass is 19.1. The van der Waals surface area contributed by atoms with Gasteiger partial charge in [0, 0.05) is 24.8 Å². The van der Waals surface area contributed by atoms with Crippen molar-refractivity contribution in [2.75, 3.05) is 30.0 Å². The van der Waals surface area contributed by atoms with Gasteiger partial charge in [-0.3, -0.25) is 0 Å². The number of pyridine rings is 1. The summed E-state index contributed by atoms with van der Waals surface area (Å²) in [6.07, 6.45) is 3.87. The normalized spacial score (nSPS) is 21.2. The molecule has 0 aliphatic carbocycles. The minimum absolute atomic E-state index is 0.185. The third-order valence-electron chi connectivity index (χ3n) is 6.66. The van der Waals surface area contributed by atoms with Crippen LogP contribution in [0.3, 0.4) is 0 Å². The van der Waals surface area contributed by atoms with E-state index in [2.05, 4.69) is 37.4 Å². The zero-order valence-electron chi connectivity index (χ0n) is 18.0. The molecule has 2 aliphatic rings. The molecular weight excluding hydrogens is 442 g/mol. The maximum Gasteiger partial charge on any atom is 0.178 e. The van der Waals surface area contributed by atoms with Gasteiger partial charge in [-0.15, -0.1) is 15.3 Å². The Morgan fingerprint density at radius 3 is 2.97 bits per heavy atom. The number of hydrogen-bond donors (Lipinski definition) is 2. The monoisotopic (exact) mass is 462 g/mol. The molecular formula is C23H20F2N8O. The van der Waals surface area contributed by atoms with E-state index in [1.54, 1.807) is 29.1 Å². The van der Waals surface area contributed by atoms with Crippen molar-refractivity contribution >= 4 is 28.7 Å². The van der Waals surface area contributed by atoms with Crippen molar-refractivity contribution in [2.24, 2.45) is 0 Å². The minimum atomic E-state index is -0.832. The number of anilines is 2. The zero-order chi connectivity index (χ0) is 23.4. The van der Waals surface area contributed by atoms with Gasteiger partial charge in [-0.1, -0.05) is 23.9 Å². The van der Waals surface area contributed by atoms with Gasteiger partial charge in [-0.2, -0.15) is 0 Å². The van der Waals surface area contributed by atoms with Crippen LogP contribution in [0.25, 0.3) is 28.5 Å². The van der Waals surface area contributed by atoms with Gasteiger partial charge < -0.3 is 15.3 Å². The molecule has 3 aromatic heterocycles. The first-order valence-corrected chi connectivity index (χ1v) is 10.8. The average molecular weight is 462 g/mol. The van der Waals surface area contributed by atoms with Crippen molar-refractivity contribution in [1.82, 2.24) is 30.2 Å². The number of alkyl halides is 1. The predicted octanol–water partition coefficient (Wildman–Crippen LogP) is 3.36. The fourth-order valence-corrected chi connectivity index (χ4v) is 4.90. The van der Waals surface area contributed by atoms with E-state index < -0.39 is 23.8 Å². The first-order valence-electron chi connectivity index (χ1n) is 10.8. The molecule has 2 N–H and O–H groups in total. The summed E-state index contributed by atoms with van der Waals surface area (Å²) < 4.78 is 30.3. The number of aromatic nitrogens is 6. The highest BCUT2D eigenvalue weighted by molar-refractivity contribution is 5.78. The minimum Gasteiger partial charge on any atom is -0.504 e. The Morgan fingerprint density at radius 2 is 2.15 bits per heavy atom. The predicted molar refractivity (Wildman–Crippen MR) is 123 cm³/mol. The number of phenols is 1. The Labute approximate surface area is 192 Å². The van der Waals surface area contributed by atoms with Crippen LogP contribution in [0.4, 0.5) is 20.3 Å². The molecule has 2 aliphatic heterocycles. The smallest absolute Gasteiger partial charge is 0.178 e.